The van der Waals surface area contributed by atoms with E-state index in [-0.39, 0.29) is 16.6 Å². The fourth-order valence-corrected chi connectivity index (χ4v) is 4.63. The molecule has 4 nitrogen and oxygen atoms in total. The van der Waals surface area contributed by atoms with Crippen molar-refractivity contribution in [3.8, 4) is 0 Å². The topological polar surface area (TPSA) is 54.5 Å². The molecule has 1 amide bonds. The molecule has 0 spiro atoms. The predicted octanol–water partition coefficient (Wildman–Crippen LogP) is 3.19. The van der Waals surface area contributed by atoms with Crippen molar-refractivity contribution in [1.82, 2.24) is 4.90 Å². The Labute approximate surface area is 141 Å². The fraction of sp³-hybridized carbons (Fsp3) is 0.562. The predicted molar refractivity (Wildman–Crippen MR) is 88.5 cm³/mol. The number of sulfone groups is 1. The molecule has 0 atom stereocenters. The molecule has 0 saturated heterocycles. The van der Waals surface area contributed by atoms with Crippen molar-refractivity contribution in [2.75, 3.05) is 12.8 Å². The minimum atomic E-state index is -3.78. The van der Waals surface area contributed by atoms with Gasteiger partial charge in [0.15, 0.2) is 9.84 Å². The summed E-state index contributed by atoms with van der Waals surface area (Å²) in [6.45, 7) is 0. The van der Waals surface area contributed by atoms with Gasteiger partial charge in [0, 0.05) is 23.7 Å². The zero-order chi connectivity index (χ0) is 17.0. The molecule has 1 aliphatic carbocycles. The van der Waals surface area contributed by atoms with Crippen molar-refractivity contribution >= 4 is 27.3 Å². The van der Waals surface area contributed by atoms with E-state index in [1.807, 2.05) is 0 Å². The van der Waals surface area contributed by atoms with Gasteiger partial charge in [0.25, 0.3) is 0 Å². The first-order valence-electron chi connectivity index (χ1n) is 7.69. The molecule has 1 aromatic rings. The molecule has 1 aliphatic rings. The lowest BCUT2D eigenvalue weighted by Crippen LogP contribution is -2.41. The summed E-state index contributed by atoms with van der Waals surface area (Å²) >= 11 is 5.86. The zero-order valence-electron chi connectivity index (χ0n) is 13.1. The van der Waals surface area contributed by atoms with Crippen LogP contribution < -0.4 is 0 Å². The molecular weight excluding hydrogens is 341 g/mol. The Morgan fingerprint density at radius 3 is 2.57 bits per heavy atom. The van der Waals surface area contributed by atoms with Crippen molar-refractivity contribution in [2.45, 2.75) is 43.9 Å². The maximum absolute atomic E-state index is 13.7. The third kappa shape index (κ3) is 4.91. The second-order valence-corrected chi connectivity index (χ2v) is 8.50. The molecule has 0 radical (unpaired) electrons. The van der Waals surface area contributed by atoms with E-state index in [2.05, 4.69) is 0 Å². The quantitative estimate of drug-likeness (QED) is 0.809. The normalized spacial score (nSPS) is 16.3. The third-order valence-electron chi connectivity index (χ3n) is 4.29. The van der Waals surface area contributed by atoms with Gasteiger partial charge < -0.3 is 4.90 Å². The van der Waals surface area contributed by atoms with Crippen LogP contribution in [0.2, 0.25) is 5.02 Å². The summed E-state index contributed by atoms with van der Waals surface area (Å²) in [7, 11) is -2.14. The van der Waals surface area contributed by atoms with Gasteiger partial charge in [-0.3, -0.25) is 4.79 Å². The molecule has 0 heterocycles. The second-order valence-electron chi connectivity index (χ2n) is 6.03. The summed E-state index contributed by atoms with van der Waals surface area (Å²) in [5, 5.41) is 0.0571. The average Bonchev–Trinajstić information content (AvgIpc) is 2.51. The lowest BCUT2D eigenvalue weighted by molar-refractivity contribution is -0.129. The van der Waals surface area contributed by atoms with Crippen LogP contribution in [0.25, 0.3) is 0 Å². The number of hydrogen-bond donors (Lipinski definition) is 0. The van der Waals surface area contributed by atoms with E-state index < -0.39 is 33.1 Å². The van der Waals surface area contributed by atoms with E-state index in [0.29, 0.717) is 0 Å². The Bertz CT molecular complexity index is 652. The van der Waals surface area contributed by atoms with E-state index in [4.69, 9.17) is 11.6 Å². The Hall–Kier alpha value is -1.14. The highest BCUT2D eigenvalue weighted by Crippen LogP contribution is 2.24. The van der Waals surface area contributed by atoms with E-state index in [1.165, 1.54) is 17.0 Å². The standard InChI is InChI=1S/C16H21ClFNO3S/c1-19(12-6-3-2-4-7-12)16(20)11-23(21,22)10-13-14(17)8-5-9-15(13)18/h5,8-9,12H,2-4,6-7,10-11H2,1H3. The van der Waals surface area contributed by atoms with Crippen LogP contribution in [0.3, 0.4) is 0 Å². The molecule has 7 heteroatoms. The number of benzene rings is 1. The first-order valence-corrected chi connectivity index (χ1v) is 9.89. The minimum absolute atomic E-state index is 0.0571. The van der Waals surface area contributed by atoms with Crippen LogP contribution in [-0.4, -0.2) is 38.1 Å². The molecule has 0 aromatic heterocycles. The highest BCUT2D eigenvalue weighted by Gasteiger charge is 2.27. The number of carbonyl (C=O) groups excluding carboxylic acids is 1. The summed E-state index contributed by atoms with van der Waals surface area (Å²) in [4.78, 5) is 13.8. The average molecular weight is 362 g/mol. The van der Waals surface area contributed by atoms with Crippen molar-refractivity contribution in [3.63, 3.8) is 0 Å². The van der Waals surface area contributed by atoms with Gasteiger partial charge >= 0.3 is 0 Å². The second kappa shape index (κ2) is 7.62. The SMILES string of the molecule is CN(C(=O)CS(=O)(=O)Cc1c(F)cccc1Cl)C1CCCCC1. The van der Waals surface area contributed by atoms with E-state index >= 15 is 0 Å². The first-order chi connectivity index (χ1) is 10.8. The smallest absolute Gasteiger partial charge is 0.237 e. The molecular formula is C16H21ClFNO3S. The number of halogens is 2. The van der Waals surface area contributed by atoms with Crippen LogP contribution >= 0.6 is 11.6 Å². The summed E-state index contributed by atoms with van der Waals surface area (Å²) < 4.78 is 38.2. The molecule has 0 unspecified atom stereocenters. The van der Waals surface area contributed by atoms with Crippen LogP contribution in [0.4, 0.5) is 4.39 Å². The van der Waals surface area contributed by atoms with Gasteiger partial charge in [0.1, 0.15) is 11.6 Å². The summed E-state index contributed by atoms with van der Waals surface area (Å²) in [6, 6.07) is 4.11. The molecule has 128 valence electrons. The largest absolute Gasteiger partial charge is 0.342 e. The molecule has 0 N–H and O–H groups in total. The van der Waals surface area contributed by atoms with Crippen LogP contribution in [0, 0.1) is 5.82 Å². The molecule has 1 saturated carbocycles. The molecule has 2 rings (SSSR count). The minimum Gasteiger partial charge on any atom is -0.342 e. The number of rotatable bonds is 5. The van der Waals surface area contributed by atoms with Gasteiger partial charge in [-0.1, -0.05) is 36.9 Å². The number of nitrogens with zero attached hydrogens (tertiary/aromatic N) is 1. The van der Waals surface area contributed by atoms with Gasteiger partial charge in [-0.15, -0.1) is 0 Å². The van der Waals surface area contributed by atoms with E-state index in [1.54, 1.807) is 7.05 Å². The van der Waals surface area contributed by atoms with Crippen LogP contribution in [-0.2, 0) is 20.4 Å². The van der Waals surface area contributed by atoms with Crippen molar-refractivity contribution in [3.05, 3.63) is 34.6 Å². The lowest BCUT2D eigenvalue weighted by atomic mass is 9.94. The van der Waals surface area contributed by atoms with Gasteiger partial charge in [0.05, 0.1) is 5.75 Å². The Morgan fingerprint density at radius 1 is 1.30 bits per heavy atom. The fourth-order valence-electron chi connectivity index (χ4n) is 2.90. The molecule has 0 aliphatic heterocycles. The van der Waals surface area contributed by atoms with Crippen LogP contribution in [0.1, 0.15) is 37.7 Å². The van der Waals surface area contributed by atoms with E-state index in [9.17, 15) is 17.6 Å². The van der Waals surface area contributed by atoms with Gasteiger partial charge in [-0.05, 0) is 25.0 Å². The lowest BCUT2D eigenvalue weighted by Gasteiger charge is -2.31. The number of hydrogen-bond acceptors (Lipinski definition) is 3. The van der Waals surface area contributed by atoms with Crippen LogP contribution in [0.5, 0.6) is 0 Å². The first kappa shape index (κ1) is 18.2. The zero-order valence-corrected chi connectivity index (χ0v) is 14.7. The Balaban J connectivity index is 2.04. The highest BCUT2D eigenvalue weighted by atomic mass is 35.5. The van der Waals surface area contributed by atoms with Crippen LogP contribution in [0.15, 0.2) is 18.2 Å². The van der Waals surface area contributed by atoms with Crippen molar-refractivity contribution in [1.29, 1.82) is 0 Å². The molecule has 0 bridgehead atoms. The maximum Gasteiger partial charge on any atom is 0.237 e. The number of carbonyl (C=O) groups is 1. The van der Waals surface area contributed by atoms with Gasteiger partial charge in [0.2, 0.25) is 5.91 Å². The molecule has 1 aromatic carbocycles. The Kier molecular flexibility index (Phi) is 6.03. The molecule has 23 heavy (non-hydrogen) atoms. The maximum atomic E-state index is 13.7. The number of amides is 1. The Morgan fingerprint density at radius 2 is 1.96 bits per heavy atom. The third-order valence-corrected chi connectivity index (χ3v) is 6.05. The van der Waals surface area contributed by atoms with E-state index in [0.717, 1.165) is 38.2 Å². The van der Waals surface area contributed by atoms with Crippen molar-refractivity contribution in [2.24, 2.45) is 0 Å². The summed E-state index contributed by atoms with van der Waals surface area (Å²) in [6.07, 6.45) is 5.07. The van der Waals surface area contributed by atoms with Crippen molar-refractivity contribution < 1.29 is 17.6 Å². The summed E-state index contributed by atoms with van der Waals surface area (Å²) in [5.74, 6) is -2.30. The molecule has 1 fully saturated rings. The monoisotopic (exact) mass is 361 g/mol. The van der Waals surface area contributed by atoms with Gasteiger partial charge in [-0.2, -0.15) is 0 Å². The summed E-state index contributed by atoms with van der Waals surface area (Å²) in [5.41, 5.74) is -0.0812. The van der Waals surface area contributed by atoms with Gasteiger partial charge in [-0.25, -0.2) is 12.8 Å². The highest BCUT2D eigenvalue weighted by molar-refractivity contribution is 7.91.